The van der Waals surface area contributed by atoms with Crippen molar-refractivity contribution in [3.05, 3.63) is 23.8 Å². The Labute approximate surface area is 215 Å². The van der Waals surface area contributed by atoms with Crippen molar-refractivity contribution in [2.24, 2.45) is 5.92 Å². The van der Waals surface area contributed by atoms with Gasteiger partial charge in [0.05, 0.1) is 5.56 Å². The van der Waals surface area contributed by atoms with Crippen molar-refractivity contribution in [2.45, 2.75) is 77.7 Å². The van der Waals surface area contributed by atoms with E-state index in [2.05, 4.69) is 15.5 Å². The second-order valence-corrected chi connectivity index (χ2v) is 11.6. The number of anilines is 2. The average Bonchev–Trinajstić information content (AvgIpc) is 3.28. The highest BCUT2D eigenvalue weighted by Gasteiger charge is 2.28. The minimum absolute atomic E-state index is 0.0354. The van der Waals surface area contributed by atoms with E-state index in [1.165, 1.54) is 0 Å². The summed E-state index contributed by atoms with van der Waals surface area (Å²) in [6.45, 7) is 10.2. The second kappa shape index (κ2) is 11.5. The predicted molar refractivity (Wildman–Crippen MR) is 143 cm³/mol. The van der Waals surface area contributed by atoms with Crippen molar-refractivity contribution in [3.8, 4) is 0 Å². The van der Waals surface area contributed by atoms with Gasteiger partial charge in [0.25, 0.3) is 5.91 Å². The lowest BCUT2D eigenvalue weighted by atomic mass is 10.0. The van der Waals surface area contributed by atoms with Crippen LogP contribution in [0, 0.1) is 5.92 Å². The molecule has 4 rings (SSSR count). The summed E-state index contributed by atoms with van der Waals surface area (Å²) in [4.78, 5) is 45.2. The van der Waals surface area contributed by atoms with Crippen LogP contribution in [-0.4, -0.2) is 72.5 Å². The van der Waals surface area contributed by atoms with Crippen LogP contribution in [0.5, 0.6) is 0 Å². The van der Waals surface area contributed by atoms with E-state index in [-0.39, 0.29) is 29.3 Å². The quantitative estimate of drug-likeness (QED) is 0.643. The predicted octanol–water partition coefficient (Wildman–Crippen LogP) is 4.46. The Morgan fingerprint density at radius 1 is 0.806 bits per heavy atom. The largest absolute Gasteiger partial charge is 0.369 e. The Kier molecular flexibility index (Phi) is 8.42. The number of piperidine rings is 1. The van der Waals surface area contributed by atoms with Gasteiger partial charge in [-0.15, -0.1) is 0 Å². The van der Waals surface area contributed by atoms with E-state index in [1.54, 1.807) is 0 Å². The number of nitrogens with one attached hydrogen (secondary N) is 2. The first-order chi connectivity index (χ1) is 17.2. The molecule has 2 heterocycles. The monoisotopic (exact) mass is 497 g/mol. The molecule has 8 nitrogen and oxygen atoms in total. The maximum atomic E-state index is 13.7. The Morgan fingerprint density at radius 2 is 1.50 bits per heavy atom. The number of carbonyl (C=O) groups is 3. The molecule has 1 saturated carbocycles. The lowest BCUT2D eigenvalue weighted by Crippen LogP contribution is -2.49. The van der Waals surface area contributed by atoms with Gasteiger partial charge in [0, 0.05) is 62.1 Å². The first-order valence-electron chi connectivity index (χ1n) is 13.8. The zero-order chi connectivity index (χ0) is 25.7. The van der Waals surface area contributed by atoms with Gasteiger partial charge in [-0.3, -0.25) is 9.59 Å². The van der Waals surface area contributed by atoms with Crippen molar-refractivity contribution in [1.82, 2.24) is 15.1 Å². The topological polar surface area (TPSA) is 85.0 Å². The molecule has 3 aliphatic rings. The van der Waals surface area contributed by atoms with Crippen LogP contribution in [0.1, 0.15) is 82.5 Å². The Balaban J connectivity index is 1.54. The maximum Gasteiger partial charge on any atom is 0.317 e. The minimum atomic E-state index is -0.282. The van der Waals surface area contributed by atoms with Crippen molar-refractivity contribution < 1.29 is 14.4 Å². The molecule has 0 spiro atoms. The maximum absolute atomic E-state index is 13.7. The van der Waals surface area contributed by atoms with Crippen LogP contribution >= 0.6 is 0 Å². The number of benzene rings is 1. The van der Waals surface area contributed by atoms with E-state index in [0.717, 1.165) is 76.7 Å². The summed E-state index contributed by atoms with van der Waals surface area (Å²) in [6.07, 6.45) is 8.14. The summed E-state index contributed by atoms with van der Waals surface area (Å²) in [5.74, 6) is 0.168. The number of amides is 4. The second-order valence-electron chi connectivity index (χ2n) is 11.6. The van der Waals surface area contributed by atoms with Gasteiger partial charge in [0.2, 0.25) is 5.91 Å². The highest BCUT2D eigenvalue weighted by Crippen LogP contribution is 2.30. The fraction of sp³-hybridized carbons (Fsp3) is 0.679. The number of nitrogens with zero attached hydrogens (tertiary/aromatic N) is 3. The Morgan fingerprint density at radius 3 is 2.19 bits per heavy atom. The van der Waals surface area contributed by atoms with E-state index in [0.29, 0.717) is 30.9 Å². The van der Waals surface area contributed by atoms with Crippen LogP contribution in [0.25, 0.3) is 0 Å². The normalized spacial score (nSPS) is 19.7. The minimum Gasteiger partial charge on any atom is -0.369 e. The van der Waals surface area contributed by atoms with Gasteiger partial charge in [-0.25, -0.2) is 4.79 Å². The summed E-state index contributed by atoms with van der Waals surface area (Å²) in [7, 11) is 0. The number of rotatable bonds is 4. The molecular formula is C28H43N5O3. The molecule has 2 saturated heterocycles. The summed E-state index contributed by atoms with van der Waals surface area (Å²) < 4.78 is 0. The third kappa shape index (κ3) is 6.71. The van der Waals surface area contributed by atoms with Gasteiger partial charge in [0.1, 0.15) is 0 Å². The number of likely N-dealkylation sites (tertiary alicyclic amines) is 1. The van der Waals surface area contributed by atoms with Gasteiger partial charge in [-0.05, 0) is 77.5 Å². The van der Waals surface area contributed by atoms with Crippen molar-refractivity contribution in [3.63, 3.8) is 0 Å². The van der Waals surface area contributed by atoms with E-state index >= 15 is 0 Å². The molecule has 0 aromatic heterocycles. The molecule has 1 aromatic rings. The van der Waals surface area contributed by atoms with Crippen LogP contribution in [0.15, 0.2) is 18.2 Å². The number of urea groups is 1. The highest BCUT2D eigenvalue weighted by molar-refractivity contribution is 6.02. The molecule has 2 aliphatic heterocycles. The molecule has 0 radical (unpaired) electrons. The van der Waals surface area contributed by atoms with Gasteiger partial charge in [-0.1, -0.05) is 12.8 Å². The summed E-state index contributed by atoms with van der Waals surface area (Å²) >= 11 is 0. The number of hydrogen-bond donors (Lipinski definition) is 2. The van der Waals surface area contributed by atoms with E-state index in [1.807, 2.05) is 48.8 Å². The smallest absolute Gasteiger partial charge is 0.317 e. The van der Waals surface area contributed by atoms with Crippen LogP contribution in [0.3, 0.4) is 0 Å². The summed E-state index contributed by atoms with van der Waals surface area (Å²) in [6, 6.07) is 5.73. The lowest BCUT2D eigenvalue weighted by molar-refractivity contribution is -0.119. The fourth-order valence-electron chi connectivity index (χ4n) is 5.52. The molecule has 0 atom stereocenters. The first-order valence-corrected chi connectivity index (χ1v) is 13.8. The lowest BCUT2D eigenvalue weighted by Gasteiger charge is -2.31. The van der Waals surface area contributed by atoms with Crippen LogP contribution in [0.4, 0.5) is 16.2 Å². The highest BCUT2D eigenvalue weighted by atomic mass is 16.2. The van der Waals surface area contributed by atoms with Gasteiger partial charge in [-0.2, -0.15) is 0 Å². The van der Waals surface area contributed by atoms with Crippen molar-refractivity contribution in [2.75, 3.05) is 49.5 Å². The SMILES string of the molecule is CC(C)(C)NC(=O)N1CCCN(c2ccc(NC(=O)C3CCCC3)cc2C(=O)N2CCCCC2)CC1. The van der Waals surface area contributed by atoms with Crippen LogP contribution in [0.2, 0.25) is 0 Å². The third-order valence-corrected chi connectivity index (χ3v) is 7.47. The van der Waals surface area contributed by atoms with E-state index in [4.69, 9.17) is 0 Å². The van der Waals surface area contributed by atoms with Gasteiger partial charge in [0.15, 0.2) is 0 Å². The van der Waals surface area contributed by atoms with Gasteiger partial charge >= 0.3 is 6.03 Å². The first kappa shape index (κ1) is 26.3. The molecule has 1 aliphatic carbocycles. The summed E-state index contributed by atoms with van der Waals surface area (Å²) in [5.41, 5.74) is 1.95. The molecule has 4 amide bonds. The molecule has 0 unspecified atom stereocenters. The molecule has 198 valence electrons. The molecule has 36 heavy (non-hydrogen) atoms. The van der Waals surface area contributed by atoms with Gasteiger partial charge < -0.3 is 25.3 Å². The Bertz CT molecular complexity index is 945. The third-order valence-electron chi connectivity index (χ3n) is 7.47. The molecule has 0 bridgehead atoms. The summed E-state index contributed by atoms with van der Waals surface area (Å²) in [5, 5.41) is 6.14. The molecular weight excluding hydrogens is 454 g/mol. The van der Waals surface area contributed by atoms with Crippen molar-refractivity contribution in [1.29, 1.82) is 0 Å². The van der Waals surface area contributed by atoms with Crippen LogP contribution < -0.4 is 15.5 Å². The van der Waals surface area contributed by atoms with Crippen molar-refractivity contribution >= 4 is 29.2 Å². The zero-order valence-electron chi connectivity index (χ0n) is 22.3. The Hall–Kier alpha value is -2.77. The van der Waals surface area contributed by atoms with Crippen LogP contribution in [-0.2, 0) is 4.79 Å². The molecule has 1 aromatic carbocycles. The molecule has 8 heteroatoms. The number of carbonyl (C=O) groups excluding carboxylic acids is 3. The molecule has 2 N–H and O–H groups in total. The number of hydrogen-bond acceptors (Lipinski definition) is 4. The van der Waals surface area contributed by atoms with E-state index in [9.17, 15) is 14.4 Å². The standard InChI is InChI=1S/C28H43N5O3/c1-28(2,3)30-27(36)33-17-9-16-31(18-19-33)24-13-12-22(29-25(34)21-10-5-6-11-21)20-23(24)26(35)32-14-7-4-8-15-32/h12-13,20-21H,4-11,14-19H2,1-3H3,(H,29,34)(H,30,36). The molecule has 3 fully saturated rings. The van der Waals surface area contributed by atoms with E-state index < -0.39 is 0 Å². The fourth-order valence-corrected chi connectivity index (χ4v) is 5.52. The zero-order valence-corrected chi connectivity index (χ0v) is 22.3. The average molecular weight is 498 g/mol.